The molecule has 2 heterocycles. The van der Waals surface area contributed by atoms with Crippen molar-refractivity contribution in [1.82, 2.24) is 20.1 Å². The summed E-state index contributed by atoms with van der Waals surface area (Å²) < 4.78 is 1.94. The Bertz CT molecular complexity index is 789. The second kappa shape index (κ2) is 5.30. The van der Waals surface area contributed by atoms with Crippen LogP contribution in [0.2, 0.25) is 0 Å². The van der Waals surface area contributed by atoms with Crippen molar-refractivity contribution < 1.29 is 0 Å². The first-order valence-electron chi connectivity index (χ1n) is 7.13. The van der Waals surface area contributed by atoms with Crippen LogP contribution in [0.1, 0.15) is 28.7 Å². The van der Waals surface area contributed by atoms with E-state index in [9.17, 15) is 0 Å². The standard InChI is InChI=1S/C17H20N4/c1-11-5-6-13-10-14(7-8-15(13)19-11)17(18-3)16-9-12(2)20-21(16)4/h5-10,17-18H,1-4H3. The molecule has 0 aliphatic heterocycles. The van der Waals surface area contributed by atoms with Crippen molar-refractivity contribution in [2.75, 3.05) is 7.05 Å². The Hall–Kier alpha value is -2.20. The number of rotatable bonds is 3. The zero-order chi connectivity index (χ0) is 15.0. The number of fused-ring (bicyclic) bond motifs is 1. The van der Waals surface area contributed by atoms with Gasteiger partial charge in [0.15, 0.2) is 0 Å². The summed E-state index contributed by atoms with van der Waals surface area (Å²) in [5.74, 6) is 0. The zero-order valence-corrected chi connectivity index (χ0v) is 12.9. The highest BCUT2D eigenvalue weighted by molar-refractivity contribution is 5.79. The van der Waals surface area contributed by atoms with Crippen LogP contribution >= 0.6 is 0 Å². The molecule has 1 N–H and O–H groups in total. The first-order chi connectivity index (χ1) is 10.1. The van der Waals surface area contributed by atoms with Gasteiger partial charge >= 0.3 is 0 Å². The fourth-order valence-corrected chi connectivity index (χ4v) is 2.81. The number of nitrogens with one attached hydrogen (secondary N) is 1. The van der Waals surface area contributed by atoms with Crippen LogP contribution in [-0.2, 0) is 7.05 Å². The molecule has 0 saturated heterocycles. The highest BCUT2D eigenvalue weighted by Crippen LogP contribution is 2.25. The highest BCUT2D eigenvalue weighted by Gasteiger charge is 2.16. The number of pyridine rings is 1. The summed E-state index contributed by atoms with van der Waals surface area (Å²) in [6.07, 6.45) is 0. The van der Waals surface area contributed by atoms with Crippen LogP contribution in [0.15, 0.2) is 36.4 Å². The molecular weight excluding hydrogens is 260 g/mol. The maximum absolute atomic E-state index is 4.56. The van der Waals surface area contributed by atoms with Gasteiger partial charge in [-0.25, -0.2) is 0 Å². The third-order valence-electron chi connectivity index (χ3n) is 3.81. The van der Waals surface area contributed by atoms with Gasteiger partial charge in [0.25, 0.3) is 0 Å². The monoisotopic (exact) mass is 280 g/mol. The van der Waals surface area contributed by atoms with Gasteiger partial charge in [0.2, 0.25) is 0 Å². The minimum absolute atomic E-state index is 0.127. The van der Waals surface area contributed by atoms with E-state index in [0.717, 1.165) is 28.0 Å². The number of aromatic nitrogens is 3. The molecule has 0 bridgehead atoms. The van der Waals surface area contributed by atoms with Crippen molar-refractivity contribution in [3.63, 3.8) is 0 Å². The predicted octanol–water partition coefficient (Wildman–Crippen LogP) is 2.89. The fraction of sp³-hybridized carbons (Fsp3) is 0.294. The number of nitrogens with zero attached hydrogens (tertiary/aromatic N) is 3. The van der Waals surface area contributed by atoms with Gasteiger partial charge in [-0.3, -0.25) is 9.67 Å². The van der Waals surface area contributed by atoms with E-state index in [1.807, 2.05) is 32.6 Å². The van der Waals surface area contributed by atoms with Crippen molar-refractivity contribution in [3.8, 4) is 0 Å². The molecule has 0 spiro atoms. The molecule has 0 amide bonds. The summed E-state index contributed by atoms with van der Waals surface area (Å²) in [4.78, 5) is 4.56. The van der Waals surface area contributed by atoms with Gasteiger partial charge in [0.05, 0.1) is 22.9 Å². The number of hydrogen-bond donors (Lipinski definition) is 1. The lowest BCUT2D eigenvalue weighted by molar-refractivity contribution is 0.605. The minimum atomic E-state index is 0.127. The van der Waals surface area contributed by atoms with Crippen LogP contribution in [0.5, 0.6) is 0 Å². The Balaban J connectivity index is 2.08. The van der Waals surface area contributed by atoms with E-state index < -0.39 is 0 Å². The molecule has 1 atom stereocenters. The molecule has 108 valence electrons. The van der Waals surface area contributed by atoms with Gasteiger partial charge in [0, 0.05) is 18.1 Å². The van der Waals surface area contributed by atoms with Crippen LogP contribution in [0, 0.1) is 13.8 Å². The van der Waals surface area contributed by atoms with Crippen molar-refractivity contribution >= 4 is 10.9 Å². The molecule has 3 aromatic rings. The average molecular weight is 280 g/mol. The van der Waals surface area contributed by atoms with Crippen LogP contribution in [-0.4, -0.2) is 21.8 Å². The van der Waals surface area contributed by atoms with Crippen molar-refractivity contribution in [2.24, 2.45) is 7.05 Å². The normalized spacial score (nSPS) is 12.8. The Labute approximate surface area is 124 Å². The summed E-state index contributed by atoms with van der Waals surface area (Å²) in [5.41, 5.74) is 5.50. The molecule has 4 heteroatoms. The minimum Gasteiger partial charge on any atom is -0.308 e. The quantitative estimate of drug-likeness (QED) is 0.802. The maximum Gasteiger partial charge on any atom is 0.0746 e. The Kier molecular flexibility index (Phi) is 3.47. The molecule has 3 rings (SSSR count). The molecule has 0 saturated carbocycles. The van der Waals surface area contributed by atoms with Crippen LogP contribution < -0.4 is 5.32 Å². The molecule has 21 heavy (non-hydrogen) atoms. The van der Waals surface area contributed by atoms with Gasteiger partial charge in [-0.1, -0.05) is 12.1 Å². The van der Waals surface area contributed by atoms with Crippen molar-refractivity contribution in [3.05, 3.63) is 59.0 Å². The lowest BCUT2D eigenvalue weighted by Gasteiger charge is -2.17. The van der Waals surface area contributed by atoms with Crippen LogP contribution in [0.3, 0.4) is 0 Å². The van der Waals surface area contributed by atoms with Gasteiger partial charge in [-0.2, -0.15) is 5.10 Å². The Morgan fingerprint density at radius 2 is 1.86 bits per heavy atom. The second-order valence-corrected chi connectivity index (χ2v) is 5.46. The van der Waals surface area contributed by atoms with Crippen LogP contribution in [0.4, 0.5) is 0 Å². The zero-order valence-electron chi connectivity index (χ0n) is 12.9. The van der Waals surface area contributed by atoms with E-state index in [-0.39, 0.29) is 6.04 Å². The lowest BCUT2D eigenvalue weighted by atomic mass is 10.0. The molecule has 1 unspecified atom stereocenters. The van der Waals surface area contributed by atoms with E-state index in [1.54, 1.807) is 0 Å². The second-order valence-electron chi connectivity index (χ2n) is 5.46. The Morgan fingerprint density at radius 3 is 2.52 bits per heavy atom. The predicted molar refractivity (Wildman–Crippen MR) is 85.3 cm³/mol. The number of aryl methyl sites for hydroxylation is 3. The van der Waals surface area contributed by atoms with Crippen molar-refractivity contribution in [1.29, 1.82) is 0 Å². The summed E-state index contributed by atoms with van der Waals surface area (Å²) >= 11 is 0. The SMILES string of the molecule is CNC(c1ccc2nc(C)ccc2c1)c1cc(C)nn1C. The van der Waals surface area contributed by atoms with E-state index >= 15 is 0 Å². The van der Waals surface area contributed by atoms with E-state index in [0.29, 0.717) is 0 Å². The van der Waals surface area contributed by atoms with Crippen molar-refractivity contribution in [2.45, 2.75) is 19.9 Å². The van der Waals surface area contributed by atoms with E-state index in [1.165, 1.54) is 5.56 Å². The smallest absolute Gasteiger partial charge is 0.0746 e. The molecule has 1 aromatic carbocycles. The molecule has 0 radical (unpaired) electrons. The van der Waals surface area contributed by atoms with Gasteiger partial charge in [-0.05, 0) is 50.7 Å². The molecule has 0 aliphatic carbocycles. The number of benzene rings is 1. The van der Waals surface area contributed by atoms with Gasteiger partial charge < -0.3 is 5.32 Å². The largest absolute Gasteiger partial charge is 0.308 e. The first kappa shape index (κ1) is 13.8. The summed E-state index contributed by atoms with van der Waals surface area (Å²) in [7, 11) is 3.96. The molecule has 4 nitrogen and oxygen atoms in total. The first-order valence-corrected chi connectivity index (χ1v) is 7.13. The summed E-state index contributed by atoms with van der Waals surface area (Å²) in [5, 5.41) is 8.99. The van der Waals surface area contributed by atoms with Gasteiger partial charge in [0.1, 0.15) is 0 Å². The molecule has 0 fully saturated rings. The van der Waals surface area contributed by atoms with Gasteiger partial charge in [-0.15, -0.1) is 0 Å². The summed E-state index contributed by atoms with van der Waals surface area (Å²) in [6.45, 7) is 4.03. The third kappa shape index (κ3) is 2.54. The summed E-state index contributed by atoms with van der Waals surface area (Å²) in [6, 6.07) is 12.9. The number of hydrogen-bond acceptors (Lipinski definition) is 3. The lowest BCUT2D eigenvalue weighted by Crippen LogP contribution is -2.20. The molecule has 0 aliphatic rings. The average Bonchev–Trinajstić information content (AvgIpc) is 2.79. The molecular formula is C17H20N4. The molecule has 2 aromatic heterocycles. The topological polar surface area (TPSA) is 42.7 Å². The maximum atomic E-state index is 4.56. The fourth-order valence-electron chi connectivity index (χ4n) is 2.81. The van der Waals surface area contributed by atoms with Crippen LogP contribution in [0.25, 0.3) is 10.9 Å². The Morgan fingerprint density at radius 1 is 1.05 bits per heavy atom. The highest BCUT2D eigenvalue weighted by atomic mass is 15.3. The van der Waals surface area contributed by atoms with E-state index in [2.05, 4.69) is 51.8 Å². The van der Waals surface area contributed by atoms with E-state index in [4.69, 9.17) is 0 Å². The third-order valence-corrected chi connectivity index (χ3v) is 3.81.